The van der Waals surface area contributed by atoms with E-state index in [1.165, 1.54) is 0 Å². The summed E-state index contributed by atoms with van der Waals surface area (Å²) in [6.07, 6.45) is -3.70. The van der Waals surface area contributed by atoms with Crippen LogP contribution in [0.5, 0.6) is 0 Å². The molecule has 1 aromatic rings. The van der Waals surface area contributed by atoms with Crippen LogP contribution >= 0.6 is 0 Å². The molecule has 1 aromatic carbocycles. The molecule has 8 heteroatoms. The van der Waals surface area contributed by atoms with Gasteiger partial charge in [-0.15, -0.1) is 0 Å². The van der Waals surface area contributed by atoms with Crippen LogP contribution in [-0.2, 0) is 14.2 Å². The number of rotatable bonds is 3. The fourth-order valence-corrected chi connectivity index (χ4v) is 2.81. The van der Waals surface area contributed by atoms with E-state index in [4.69, 9.17) is 19.7 Å². The van der Waals surface area contributed by atoms with E-state index in [9.17, 15) is 10.2 Å². The molecule has 8 nitrogen and oxygen atoms in total. The Morgan fingerprint density at radius 1 is 1.27 bits per heavy atom. The molecular weight excluding hydrogens is 290 g/mol. The summed E-state index contributed by atoms with van der Waals surface area (Å²) in [5.41, 5.74) is 9.56. The maximum absolute atomic E-state index is 10.2. The monoisotopic (exact) mass is 307 g/mol. The van der Waals surface area contributed by atoms with Gasteiger partial charge in [-0.1, -0.05) is 35.4 Å². The molecule has 0 amide bonds. The van der Waals surface area contributed by atoms with Crippen molar-refractivity contribution in [3.63, 3.8) is 0 Å². The Balaban J connectivity index is 1.82. The van der Waals surface area contributed by atoms with E-state index in [2.05, 4.69) is 10.0 Å². The molecule has 2 N–H and O–H groups in total. The highest BCUT2D eigenvalue weighted by molar-refractivity contribution is 5.17. The van der Waals surface area contributed by atoms with E-state index >= 15 is 0 Å². The van der Waals surface area contributed by atoms with Crippen molar-refractivity contribution in [1.82, 2.24) is 0 Å². The van der Waals surface area contributed by atoms with Crippen LogP contribution in [-0.4, -0.2) is 53.9 Å². The smallest absolute Gasteiger partial charge is 0.184 e. The van der Waals surface area contributed by atoms with E-state index in [0.717, 1.165) is 5.56 Å². The van der Waals surface area contributed by atoms with Gasteiger partial charge in [-0.2, -0.15) is 0 Å². The largest absolute Gasteiger partial charge is 0.394 e. The van der Waals surface area contributed by atoms with Gasteiger partial charge in [-0.3, -0.25) is 0 Å². The lowest BCUT2D eigenvalue weighted by atomic mass is 9.92. The Labute approximate surface area is 126 Å². The lowest BCUT2D eigenvalue weighted by Gasteiger charge is -2.46. The Hall–Kier alpha value is -1.67. The zero-order chi connectivity index (χ0) is 15.5. The number of azide groups is 1. The maximum Gasteiger partial charge on any atom is 0.184 e. The maximum atomic E-state index is 10.2. The van der Waals surface area contributed by atoms with Crippen molar-refractivity contribution in [3.8, 4) is 0 Å². The Morgan fingerprint density at radius 3 is 2.73 bits per heavy atom. The molecule has 2 aliphatic heterocycles. The number of hydrogen-bond acceptors (Lipinski definition) is 6. The number of ether oxygens (including phenoxy) is 3. The quantitative estimate of drug-likeness (QED) is 0.489. The van der Waals surface area contributed by atoms with Crippen LogP contribution in [0.25, 0.3) is 10.4 Å². The average molecular weight is 307 g/mol. The van der Waals surface area contributed by atoms with E-state index in [0.29, 0.717) is 0 Å². The highest BCUT2D eigenvalue weighted by Crippen LogP contribution is 2.35. The second-order valence-corrected chi connectivity index (χ2v) is 5.26. The summed E-state index contributed by atoms with van der Waals surface area (Å²) in [5, 5.41) is 23.1. The van der Waals surface area contributed by atoms with Gasteiger partial charge in [0.2, 0.25) is 0 Å². The van der Waals surface area contributed by atoms with Gasteiger partial charge in [-0.05, 0) is 5.53 Å². The summed E-state index contributed by atoms with van der Waals surface area (Å²) in [6, 6.07) is 8.52. The van der Waals surface area contributed by atoms with Gasteiger partial charge < -0.3 is 24.4 Å². The van der Waals surface area contributed by atoms with Crippen LogP contribution in [0.4, 0.5) is 0 Å². The number of fused-ring (bicyclic) bond motifs is 1. The average Bonchev–Trinajstić information content (AvgIpc) is 2.57. The number of aliphatic hydroxyl groups excluding tert-OH is 2. The van der Waals surface area contributed by atoms with Crippen molar-refractivity contribution in [3.05, 3.63) is 46.3 Å². The molecule has 2 aliphatic rings. The highest BCUT2D eigenvalue weighted by atomic mass is 16.7. The van der Waals surface area contributed by atoms with Gasteiger partial charge >= 0.3 is 0 Å². The molecule has 2 saturated heterocycles. The van der Waals surface area contributed by atoms with Gasteiger partial charge in [-0.25, -0.2) is 0 Å². The number of benzene rings is 1. The first-order valence-corrected chi connectivity index (χ1v) is 7.05. The molecule has 2 fully saturated rings. The Kier molecular flexibility index (Phi) is 4.58. The normalized spacial score (nSPS) is 37.9. The van der Waals surface area contributed by atoms with E-state index in [1.54, 1.807) is 0 Å². The number of hydrogen-bond donors (Lipinski definition) is 2. The lowest BCUT2D eigenvalue weighted by Crippen LogP contribution is -2.61. The standard InChI is InChI=1S/C14H17N3O5/c15-17-16-11-12(19)9(6-18)21-10-7-20-14(22-13(10)11)8-4-2-1-3-5-8/h1-5,9-14,18-19H,6-7H2/t9-,10+,11+,12-,13-,14-/m0/s1. The van der Waals surface area contributed by atoms with Crippen molar-refractivity contribution >= 4 is 0 Å². The van der Waals surface area contributed by atoms with Crippen LogP contribution in [0.2, 0.25) is 0 Å². The zero-order valence-corrected chi connectivity index (χ0v) is 11.7. The first-order chi connectivity index (χ1) is 10.7. The first-order valence-electron chi connectivity index (χ1n) is 7.05. The second kappa shape index (κ2) is 6.62. The molecule has 0 saturated carbocycles. The number of aliphatic hydroxyl groups is 2. The minimum Gasteiger partial charge on any atom is -0.394 e. The predicted molar refractivity (Wildman–Crippen MR) is 74.7 cm³/mol. The molecule has 6 atom stereocenters. The Bertz CT molecular complexity index is 551. The zero-order valence-electron chi connectivity index (χ0n) is 11.7. The Morgan fingerprint density at radius 2 is 2.05 bits per heavy atom. The van der Waals surface area contributed by atoms with Crippen molar-refractivity contribution in [1.29, 1.82) is 0 Å². The van der Waals surface area contributed by atoms with Crippen LogP contribution in [0.3, 0.4) is 0 Å². The van der Waals surface area contributed by atoms with E-state index < -0.39 is 36.7 Å². The van der Waals surface area contributed by atoms with Gasteiger partial charge in [0, 0.05) is 10.5 Å². The summed E-state index contributed by atoms with van der Waals surface area (Å²) < 4.78 is 17.1. The molecule has 0 unspecified atom stereocenters. The predicted octanol–water partition coefficient (Wildman–Crippen LogP) is 0.900. The van der Waals surface area contributed by atoms with E-state index in [1.807, 2.05) is 30.3 Å². The van der Waals surface area contributed by atoms with Crippen molar-refractivity contribution < 1.29 is 24.4 Å². The van der Waals surface area contributed by atoms with E-state index in [-0.39, 0.29) is 13.2 Å². The summed E-state index contributed by atoms with van der Waals surface area (Å²) in [4.78, 5) is 2.77. The minimum atomic E-state index is -1.13. The second-order valence-electron chi connectivity index (χ2n) is 5.26. The molecular formula is C14H17N3O5. The molecule has 118 valence electrons. The fourth-order valence-electron chi connectivity index (χ4n) is 2.81. The summed E-state index contributed by atoms with van der Waals surface area (Å²) in [5.74, 6) is 0. The highest BCUT2D eigenvalue weighted by Gasteiger charge is 2.48. The van der Waals surface area contributed by atoms with Crippen LogP contribution in [0.15, 0.2) is 35.4 Å². The SMILES string of the molecule is [N-]=[N+]=N[C@@H]1[C@@H](O)[C@H](CO)O[C@@H]2CO[C@H](c3ccccc3)O[C@H]12. The lowest BCUT2D eigenvalue weighted by molar-refractivity contribution is -0.309. The van der Waals surface area contributed by atoms with Gasteiger partial charge in [0.05, 0.1) is 25.4 Å². The van der Waals surface area contributed by atoms with Crippen LogP contribution < -0.4 is 0 Å². The summed E-state index contributed by atoms with van der Waals surface area (Å²) in [6.45, 7) is -0.144. The summed E-state index contributed by atoms with van der Waals surface area (Å²) >= 11 is 0. The minimum absolute atomic E-state index is 0.227. The van der Waals surface area contributed by atoms with Gasteiger partial charge in [0.15, 0.2) is 6.29 Å². The molecule has 3 rings (SSSR count). The van der Waals surface area contributed by atoms with Crippen LogP contribution in [0, 0.1) is 0 Å². The summed E-state index contributed by atoms with van der Waals surface area (Å²) in [7, 11) is 0. The van der Waals surface area contributed by atoms with Crippen LogP contribution in [0.1, 0.15) is 11.9 Å². The molecule has 22 heavy (non-hydrogen) atoms. The molecule has 0 radical (unpaired) electrons. The molecule has 0 aliphatic carbocycles. The third-order valence-electron chi connectivity index (χ3n) is 3.91. The molecule has 0 spiro atoms. The third-order valence-corrected chi connectivity index (χ3v) is 3.91. The molecule has 2 heterocycles. The van der Waals surface area contributed by atoms with Gasteiger partial charge in [0.25, 0.3) is 0 Å². The molecule has 0 bridgehead atoms. The number of nitrogens with zero attached hydrogens (tertiary/aromatic N) is 3. The fraction of sp³-hybridized carbons (Fsp3) is 0.571. The topological polar surface area (TPSA) is 117 Å². The van der Waals surface area contributed by atoms with Crippen molar-refractivity contribution in [2.45, 2.75) is 36.7 Å². The third kappa shape index (κ3) is 2.80. The van der Waals surface area contributed by atoms with Crippen molar-refractivity contribution in [2.24, 2.45) is 5.11 Å². The van der Waals surface area contributed by atoms with Gasteiger partial charge in [0.1, 0.15) is 18.3 Å². The first kappa shape index (κ1) is 15.2. The molecule has 0 aromatic heterocycles. The van der Waals surface area contributed by atoms with Crippen molar-refractivity contribution in [2.75, 3.05) is 13.2 Å².